The van der Waals surface area contributed by atoms with Gasteiger partial charge in [-0.3, -0.25) is 15.2 Å². The molecular weight excluding hydrogens is 196 g/mol. The quantitative estimate of drug-likeness (QED) is 0.685. The molecule has 1 aromatic heterocycles. The molecule has 0 aliphatic rings. The minimum Gasteiger partial charge on any atom is -0.382 e. The van der Waals surface area contributed by atoms with Crippen molar-refractivity contribution in [2.45, 2.75) is 26.7 Å². The van der Waals surface area contributed by atoms with Crippen molar-refractivity contribution < 1.29 is 9.53 Å². The number of anilines is 1. The molecule has 0 unspecified atom stereocenters. The van der Waals surface area contributed by atoms with Gasteiger partial charge in [-0.05, 0) is 20.3 Å². The summed E-state index contributed by atoms with van der Waals surface area (Å²) >= 11 is 0. The lowest BCUT2D eigenvalue weighted by Crippen LogP contribution is -2.13. The van der Waals surface area contributed by atoms with Crippen molar-refractivity contribution in [1.29, 1.82) is 0 Å². The van der Waals surface area contributed by atoms with Gasteiger partial charge in [0.1, 0.15) is 5.82 Å². The van der Waals surface area contributed by atoms with Crippen LogP contribution < -0.4 is 5.32 Å². The molecule has 0 saturated heterocycles. The highest BCUT2D eigenvalue weighted by atomic mass is 16.5. The second kappa shape index (κ2) is 6.13. The molecule has 1 amide bonds. The molecule has 1 rings (SSSR count). The smallest absolute Gasteiger partial charge is 0.248 e. The highest BCUT2D eigenvalue weighted by Crippen LogP contribution is 1.99. The first-order valence-electron chi connectivity index (χ1n) is 4.99. The first-order valence-corrected chi connectivity index (χ1v) is 4.99. The van der Waals surface area contributed by atoms with Crippen LogP contribution in [-0.2, 0) is 9.53 Å². The maximum absolute atomic E-state index is 11.3. The summed E-state index contributed by atoms with van der Waals surface area (Å²) in [5.41, 5.74) is 0. The van der Waals surface area contributed by atoms with Gasteiger partial charge in [0.05, 0.1) is 0 Å². The van der Waals surface area contributed by atoms with Gasteiger partial charge in [-0.15, -0.1) is 5.10 Å². The number of H-pyrrole nitrogens is 1. The van der Waals surface area contributed by atoms with Crippen LogP contribution in [0.5, 0.6) is 0 Å². The Bertz CT molecular complexity index is 311. The molecule has 0 spiro atoms. The lowest BCUT2D eigenvalue weighted by atomic mass is 10.3. The Labute approximate surface area is 88.4 Å². The number of rotatable bonds is 6. The average molecular weight is 212 g/mol. The van der Waals surface area contributed by atoms with Gasteiger partial charge in [0.25, 0.3) is 0 Å². The molecule has 6 nitrogen and oxygen atoms in total. The first-order chi connectivity index (χ1) is 7.22. The molecule has 6 heteroatoms. The summed E-state index contributed by atoms with van der Waals surface area (Å²) in [5.74, 6) is 0.919. The number of amides is 1. The van der Waals surface area contributed by atoms with E-state index >= 15 is 0 Å². The molecule has 15 heavy (non-hydrogen) atoms. The van der Waals surface area contributed by atoms with Gasteiger partial charge in [0, 0.05) is 19.6 Å². The second-order valence-electron chi connectivity index (χ2n) is 3.09. The van der Waals surface area contributed by atoms with Crippen molar-refractivity contribution in [2.75, 3.05) is 18.5 Å². The third kappa shape index (κ3) is 4.55. The van der Waals surface area contributed by atoms with E-state index in [0.29, 0.717) is 37.8 Å². The second-order valence-corrected chi connectivity index (χ2v) is 3.09. The van der Waals surface area contributed by atoms with Crippen LogP contribution in [0.25, 0.3) is 0 Å². The van der Waals surface area contributed by atoms with E-state index in [4.69, 9.17) is 4.74 Å². The maximum Gasteiger partial charge on any atom is 0.248 e. The Hall–Kier alpha value is -1.43. The van der Waals surface area contributed by atoms with Crippen molar-refractivity contribution in [3.8, 4) is 0 Å². The Morgan fingerprint density at radius 3 is 3.00 bits per heavy atom. The first kappa shape index (κ1) is 11.6. The molecule has 0 aromatic carbocycles. The van der Waals surface area contributed by atoms with Gasteiger partial charge in [-0.25, -0.2) is 0 Å². The molecule has 0 saturated carbocycles. The van der Waals surface area contributed by atoms with Crippen LogP contribution in [0.15, 0.2) is 0 Å². The number of aryl methyl sites for hydroxylation is 1. The number of nitrogens with one attached hydrogen (secondary N) is 2. The number of carbonyl (C=O) groups excluding carboxylic acids is 1. The van der Waals surface area contributed by atoms with E-state index in [1.165, 1.54) is 0 Å². The van der Waals surface area contributed by atoms with Crippen LogP contribution in [0.2, 0.25) is 0 Å². The van der Waals surface area contributed by atoms with Crippen molar-refractivity contribution in [2.24, 2.45) is 0 Å². The molecule has 0 atom stereocenters. The molecule has 2 N–H and O–H groups in total. The van der Waals surface area contributed by atoms with Gasteiger partial charge in [-0.2, -0.15) is 4.98 Å². The van der Waals surface area contributed by atoms with E-state index in [1.807, 2.05) is 6.92 Å². The van der Waals surface area contributed by atoms with E-state index in [1.54, 1.807) is 6.92 Å². The number of hydrogen-bond acceptors (Lipinski definition) is 4. The molecule has 0 aliphatic heterocycles. The third-order valence-electron chi connectivity index (χ3n) is 1.75. The number of aromatic amines is 1. The van der Waals surface area contributed by atoms with Crippen LogP contribution >= 0.6 is 0 Å². The zero-order valence-corrected chi connectivity index (χ0v) is 9.04. The van der Waals surface area contributed by atoms with Crippen molar-refractivity contribution in [3.63, 3.8) is 0 Å². The van der Waals surface area contributed by atoms with E-state index in [9.17, 15) is 4.79 Å². The molecular formula is C9H16N4O2. The fraction of sp³-hybridized carbons (Fsp3) is 0.667. The van der Waals surface area contributed by atoms with E-state index in [-0.39, 0.29) is 5.91 Å². The Morgan fingerprint density at radius 2 is 2.40 bits per heavy atom. The SMILES string of the molecule is CCOCCCC(=O)Nc1n[nH]c(C)n1. The Balaban J connectivity index is 2.18. The van der Waals surface area contributed by atoms with Gasteiger partial charge in [0.15, 0.2) is 0 Å². The molecule has 84 valence electrons. The highest BCUT2D eigenvalue weighted by molar-refractivity contribution is 5.88. The summed E-state index contributed by atoms with van der Waals surface area (Å²) in [7, 11) is 0. The number of aromatic nitrogens is 3. The van der Waals surface area contributed by atoms with Crippen molar-refractivity contribution in [3.05, 3.63) is 5.82 Å². The third-order valence-corrected chi connectivity index (χ3v) is 1.75. The predicted octanol–water partition coefficient (Wildman–Crippen LogP) is 0.868. The molecule has 0 aliphatic carbocycles. The summed E-state index contributed by atoms with van der Waals surface area (Å²) in [6.07, 6.45) is 1.14. The van der Waals surface area contributed by atoms with E-state index < -0.39 is 0 Å². The van der Waals surface area contributed by atoms with Crippen LogP contribution in [0, 0.1) is 6.92 Å². The summed E-state index contributed by atoms with van der Waals surface area (Å²) in [4.78, 5) is 15.3. The molecule has 1 heterocycles. The number of ether oxygens (including phenoxy) is 1. The minimum atomic E-state index is -0.0892. The van der Waals surface area contributed by atoms with Crippen LogP contribution in [0.1, 0.15) is 25.6 Å². The van der Waals surface area contributed by atoms with E-state index in [0.717, 1.165) is 0 Å². The van der Waals surface area contributed by atoms with Crippen LogP contribution in [0.4, 0.5) is 5.95 Å². The molecule has 0 radical (unpaired) electrons. The van der Waals surface area contributed by atoms with Crippen molar-refractivity contribution >= 4 is 11.9 Å². The van der Waals surface area contributed by atoms with Crippen LogP contribution in [-0.4, -0.2) is 34.3 Å². The zero-order chi connectivity index (χ0) is 11.1. The zero-order valence-electron chi connectivity index (χ0n) is 9.04. The summed E-state index contributed by atoms with van der Waals surface area (Å²) < 4.78 is 5.12. The lowest BCUT2D eigenvalue weighted by molar-refractivity contribution is -0.116. The maximum atomic E-state index is 11.3. The van der Waals surface area contributed by atoms with E-state index in [2.05, 4.69) is 20.5 Å². The largest absolute Gasteiger partial charge is 0.382 e. The molecule has 0 fully saturated rings. The summed E-state index contributed by atoms with van der Waals surface area (Å²) in [6.45, 7) is 4.99. The topological polar surface area (TPSA) is 79.9 Å². The number of hydrogen-bond donors (Lipinski definition) is 2. The van der Waals surface area contributed by atoms with Gasteiger partial charge in [-0.1, -0.05) is 0 Å². The average Bonchev–Trinajstić information content (AvgIpc) is 2.59. The molecule has 0 bridgehead atoms. The Morgan fingerprint density at radius 1 is 1.60 bits per heavy atom. The van der Waals surface area contributed by atoms with Gasteiger partial charge >= 0.3 is 0 Å². The van der Waals surface area contributed by atoms with Gasteiger partial charge < -0.3 is 4.74 Å². The summed E-state index contributed by atoms with van der Waals surface area (Å²) in [6, 6.07) is 0. The fourth-order valence-corrected chi connectivity index (χ4v) is 1.06. The highest BCUT2D eigenvalue weighted by Gasteiger charge is 2.05. The minimum absolute atomic E-state index is 0.0892. The predicted molar refractivity (Wildman–Crippen MR) is 55.5 cm³/mol. The number of carbonyl (C=O) groups is 1. The standard InChI is InChI=1S/C9H16N4O2/c1-3-15-6-4-5-8(14)11-9-10-7(2)12-13-9/h3-6H2,1-2H3,(H2,10,11,12,13,14). The van der Waals surface area contributed by atoms with Crippen molar-refractivity contribution in [1.82, 2.24) is 15.2 Å². The van der Waals surface area contributed by atoms with Gasteiger partial charge in [0.2, 0.25) is 11.9 Å². The van der Waals surface area contributed by atoms with Crippen LogP contribution in [0.3, 0.4) is 0 Å². The number of nitrogens with zero attached hydrogens (tertiary/aromatic N) is 2. The molecule has 1 aromatic rings. The fourth-order valence-electron chi connectivity index (χ4n) is 1.06. The normalized spacial score (nSPS) is 10.3. The lowest BCUT2D eigenvalue weighted by Gasteiger charge is -2.01. The summed E-state index contributed by atoms with van der Waals surface area (Å²) in [5, 5.41) is 9.04. The Kier molecular flexibility index (Phi) is 4.76. The monoisotopic (exact) mass is 212 g/mol.